The van der Waals surface area contributed by atoms with Crippen LogP contribution in [0.3, 0.4) is 0 Å². The van der Waals surface area contributed by atoms with Crippen molar-refractivity contribution in [1.29, 1.82) is 0 Å². The molecule has 0 N–H and O–H groups in total. The van der Waals surface area contributed by atoms with Crippen molar-refractivity contribution in [3.05, 3.63) is 65.1 Å². The predicted octanol–water partition coefficient (Wildman–Crippen LogP) is 2.90. The number of halogens is 1. The molecule has 0 spiro atoms. The smallest absolute Gasteiger partial charge is 0.363 e. The molecule has 114 valence electrons. The first kappa shape index (κ1) is 13.5. The van der Waals surface area contributed by atoms with E-state index in [-0.39, 0.29) is 24.2 Å². The fourth-order valence-corrected chi connectivity index (χ4v) is 2.28. The molecule has 0 saturated carbocycles. The van der Waals surface area contributed by atoms with Gasteiger partial charge in [-0.15, -0.1) is 0 Å². The summed E-state index contributed by atoms with van der Waals surface area (Å²) in [5.41, 5.74) is 1.43. The van der Waals surface area contributed by atoms with Crippen molar-refractivity contribution < 1.29 is 23.4 Å². The van der Waals surface area contributed by atoms with Crippen LogP contribution in [0.5, 0.6) is 11.5 Å². The van der Waals surface area contributed by atoms with Crippen molar-refractivity contribution in [1.82, 2.24) is 0 Å². The second-order valence-electron chi connectivity index (χ2n) is 4.96. The molecule has 2 aromatic rings. The molecule has 6 heteroatoms. The molecule has 2 aromatic carbocycles. The number of rotatable bonds is 2. The normalized spacial score (nSPS) is 17.3. The van der Waals surface area contributed by atoms with E-state index in [1.54, 1.807) is 36.4 Å². The first-order valence-electron chi connectivity index (χ1n) is 6.87. The maximum Gasteiger partial charge on any atom is 0.363 e. The zero-order chi connectivity index (χ0) is 15.8. The minimum Gasteiger partial charge on any atom is -0.454 e. The highest BCUT2D eigenvalue weighted by molar-refractivity contribution is 6.13. The Morgan fingerprint density at radius 3 is 2.65 bits per heavy atom. The molecule has 4 rings (SSSR count). The minimum absolute atomic E-state index is 0.157. The standard InChI is InChI=1S/C17H10FNO4/c18-12-4-1-10(2-5-12)7-13-17(20)23-16(19-13)11-3-6-14-15(8-11)22-9-21-14/h1-8H,9H2/b13-7-. The molecule has 0 bridgehead atoms. The number of aliphatic imine (C=N–C) groups is 1. The molecule has 0 aromatic heterocycles. The number of hydrogen-bond donors (Lipinski definition) is 0. The van der Waals surface area contributed by atoms with Crippen LogP contribution in [-0.2, 0) is 9.53 Å². The number of fused-ring (bicyclic) bond motifs is 1. The molecule has 2 heterocycles. The molecule has 23 heavy (non-hydrogen) atoms. The van der Waals surface area contributed by atoms with Crippen LogP contribution in [0.25, 0.3) is 6.08 Å². The highest BCUT2D eigenvalue weighted by Crippen LogP contribution is 2.33. The number of ether oxygens (including phenoxy) is 3. The molecule has 0 saturated heterocycles. The van der Waals surface area contributed by atoms with E-state index in [0.29, 0.717) is 22.6 Å². The zero-order valence-electron chi connectivity index (χ0n) is 11.8. The Bertz CT molecular complexity index is 855. The second-order valence-corrected chi connectivity index (χ2v) is 4.96. The third-order valence-electron chi connectivity index (χ3n) is 3.41. The van der Waals surface area contributed by atoms with Gasteiger partial charge in [0.05, 0.1) is 0 Å². The average Bonchev–Trinajstić information content (AvgIpc) is 3.16. The van der Waals surface area contributed by atoms with Crippen LogP contribution < -0.4 is 9.47 Å². The van der Waals surface area contributed by atoms with Gasteiger partial charge in [0.15, 0.2) is 17.2 Å². The van der Waals surface area contributed by atoms with E-state index >= 15 is 0 Å². The molecule has 0 amide bonds. The van der Waals surface area contributed by atoms with E-state index in [0.717, 1.165) is 0 Å². The summed E-state index contributed by atoms with van der Waals surface area (Å²) in [4.78, 5) is 16.1. The molecular formula is C17H10FNO4. The van der Waals surface area contributed by atoms with Gasteiger partial charge < -0.3 is 14.2 Å². The van der Waals surface area contributed by atoms with Crippen LogP contribution in [0.4, 0.5) is 4.39 Å². The number of nitrogens with zero attached hydrogens (tertiary/aromatic N) is 1. The number of hydrogen-bond acceptors (Lipinski definition) is 5. The topological polar surface area (TPSA) is 57.1 Å². The lowest BCUT2D eigenvalue weighted by Gasteiger charge is -2.01. The number of carbonyl (C=O) groups excluding carboxylic acids is 1. The largest absolute Gasteiger partial charge is 0.454 e. The Kier molecular flexibility index (Phi) is 3.08. The first-order chi connectivity index (χ1) is 11.2. The van der Waals surface area contributed by atoms with Gasteiger partial charge in [0.1, 0.15) is 5.82 Å². The lowest BCUT2D eigenvalue weighted by atomic mass is 10.2. The fraction of sp³-hybridized carbons (Fsp3) is 0.0588. The van der Waals surface area contributed by atoms with Crippen LogP contribution in [0.2, 0.25) is 0 Å². The van der Waals surface area contributed by atoms with Crippen molar-refractivity contribution in [3.8, 4) is 11.5 Å². The van der Waals surface area contributed by atoms with E-state index in [2.05, 4.69) is 4.99 Å². The number of carbonyl (C=O) groups is 1. The van der Waals surface area contributed by atoms with Crippen LogP contribution in [-0.4, -0.2) is 18.7 Å². The lowest BCUT2D eigenvalue weighted by Crippen LogP contribution is -2.05. The van der Waals surface area contributed by atoms with Crippen molar-refractivity contribution in [3.63, 3.8) is 0 Å². The maximum absolute atomic E-state index is 12.9. The Balaban J connectivity index is 1.66. The molecular weight excluding hydrogens is 301 g/mol. The van der Waals surface area contributed by atoms with Crippen molar-refractivity contribution in [2.24, 2.45) is 4.99 Å². The van der Waals surface area contributed by atoms with Crippen molar-refractivity contribution >= 4 is 17.9 Å². The Labute approximate surface area is 130 Å². The second kappa shape index (κ2) is 5.24. The van der Waals surface area contributed by atoms with Gasteiger partial charge in [-0.1, -0.05) is 12.1 Å². The van der Waals surface area contributed by atoms with E-state index < -0.39 is 5.97 Å². The van der Waals surface area contributed by atoms with Gasteiger partial charge in [-0.3, -0.25) is 0 Å². The summed E-state index contributed by atoms with van der Waals surface area (Å²) in [7, 11) is 0. The first-order valence-corrected chi connectivity index (χ1v) is 6.87. The SMILES string of the molecule is O=C1OC(c2ccc3c(c2)OCO3)=N/C1=C\c1ccc(F)cc1. The van der Waals surface area contributed by atoms with E-state index in [9.17, 15) is 9.18 Å². The Morgan fingerprint density at radius 2 is 1.83 bits per heavy atom. The van der Waals surface area contributed by atoms with E-state index in [1.807, 2.05) is 0 Å². The minimum atomic E-state index is -0.554. The Morgan fingerprint density at radius 1 is 1.04 bits per heavy atom. The highest BCUT2D eigenvalue weighted by atomic mass is 19.1. The monoisotopic (exact) mass is 311 g/mol. The number of cyclic esters (lactones) is 1. The molecule has 0 atom stereocenters. The van der Waals surface area contributed by atoms with Crippen molar-refractivity contribution in [2.45, 2.75) is 0 Å². The van der Waals surface area contributed by atoms with Crippen LogP contribution in [0.1, 0.15) is 11.1 Å². The number of esters is 1. The van der Waals surface area contributed by atoms with Crippen LogP contribution >= 0.6 is 0 Å². The van der Waals surface area contributed by atoms with Gasteiger partial charge in [-0.2, -0.15) is 0 Å². The maximum atomic E-state index is 12.9. The third kappa shape index (κ3) is 2.55. The summed E-state index contributed by atoms with van der Waals surface area (Å²) in [6.45, 7) is 0.167. The summed E-state index contributed by atoms with van der Waals surface area (Å²) < 4.78 is 28.6. The molecule has 0 fully saturated rings. The summed E-state index contributed by atoms with van der Waals surface area (Å²) in [6.07, 6.45) is 1.54. The molecule has 5 nitrogen and oxygen atoms in total. The van der Waals surface area contributed by atoms with E-state index in [4.69, 9.17) is 14.2 Å². The molecule has 0 unspecified atom stereocenters. The quantitative estimate of drug-likeness (QED) is 0.632. The average molecular weight is 311 g/mol. The van der Waals surface area contributed by atoms with Gasteiger partial charge in [0.2, 0.25) is 12.7 Å². The van der Waals surface area contributed by atoms with E-state index in [1.165, 1.54) is 12.1 Å². The molecule has 0 radical (unpaired) electrons. The Hall–Kier alpha value is -3.15. The van der Waals surface area contributed by atoms with Gasteiger partial charge in [-0.05, 0) is 42.0 Å². The third-order valence-corrected chi connectivity index (χ3v) is 3.41. The van der Waals surface area contributed by atoms with Crippen molar-refractivity contribution in [2.75, 3.05) is 6.79 Å². The summed E-state index contributed by atoms with van der Waals surface area (Å²) >= 11 is 0. The molecule has 2 aliphatic heterocycles. The summed E-state index contributed by atoms with van der Waals surface area (Å²) in [5, 5.41) is 0. The fourth-order valence-electron chi connectivity index (χ4n) is 2.28. The van der Waals surface area contributed by atoms with Gasteiger partial charge >= 0.3 is 5.97 Å². The summed E-state index contributed by atoms with van der Waals surface area (Å²) in [6, 6.07) is 10.9. The summed E-state index contributed by atoms with van der Waals surface area (Å²) in [5.74, 6) is 0.521. The molecule has 0 aliphatic carbocycles. The molecule has 2 aliphatic rings. The zero-order valence-corrected chi connectivity index (χ0v) is 11.8. The van der Waals surface area contributed by atoms with Crippen LogP contribution in [0, 0.1) is 5.82 Å². The van der Waals surface area contributed by atoms with Gasteiger partial charge in [0.25, 0.3) is 0 Å². The highest BCUT2D eigenvalue weighted by Gasteiger charge is 2.25. The lowest BCUT2D eigenvalue weighted by molar-refractivity contribution is -0.129. The predicted molar refractivity (Wildman–Crippen MR) is 79.6 cm³/mol. The van der Waals surface area contributed by atoms with Gasteiger partial charge in [-0.25, -0.2) is 14.2 Å². The van der Waals surface area contributed by atoms with Gasteiger partial charge in [0, 0.05) is 5.56 Å². The number of benzene rings is 2. The van der Waals surface area contributed by atoms with Crippen LogP contribution in [0.15, 0.2) is 53.2 Å².